The SMILES string of the molecule is CN/N=C(/c1ccc2nc(-c3ccc(CN4CCN(C(=O)OC(C)(C)C)CC4)cc3)oc2c1)C1CC1C=O. The third-order valence-electron chi connectivity index (χ3n) is 6.91. The summed E-state index contributed by atoms with van der Waals surface area (Å²) in [4.78, 5) is 32.3. The van der Waals surface area contributed by atoms with Gasteiger partial charge in [-0.25, -0.2) is 9.78 Å². The van der Waals surface area contributed by atoms with Crippen molar-refractivity contribution in [3.63, 3.8) is 0 Å². The smallest absolute Gasteiger partial charge is 0.410 e. The molecule has 38 heavy (non-hydrogen) atoms. The number of fused-ring (bicyclic) bond motifs is 1. The predicted molar refractivity (Wildman–Crippen MR) is 146 cm³/mol. The number of hydrogen-bond acceptors (Lipinski definition) is 8. The van der Waals surface area contributed by atoms with E-state index in [-0.39, 0.29) is 17.9 Å². The lowest BCUT2D eigenvalue weighted by molar-refractivity contribution is -0.108. The number of nitrogens with zero attached hydrogens (tertiary/aromatic N) is 4. The molecule has 1 aliphatic carbocycles. The summed E-state index contributed by atoms with van der Waals surface area (Å²) in [6, 6.07) is 14.1. The summed E-state index contributed by atoms with van der Waals surface area (Å²) in [5.74, 6) is 0.752. The number of amides is 1. The van der Waals surface area contributed by atoms with E-state index in [1.54, 1.807) is 11.9 Å². The van der Waals surface area contributed by atoms with Gasteiger partial charge in [0.25, 0.3) is 0 Å². The van der Waals surface area contributed by atoms with Crippen LogP contribution in [0.1, 0.15) is 38.3 Å². The highest BCUT2D eigenvalue weighted by molar-refractivity contribution is 6.07. The van der Waals surface area contributed by atoms with Gasteiger partial charge < -0.3 is 24.3 Å². The molecule has 2 heterocycles. The van der Waals surface area contributed by atoms with E-state index in [9.17, 15) is 9.59 Å². The number of hydrazone groups is 1. The molecule has 1 N–H and O–H groups in total. The lowest BCUT2D eigenvalue weighted by atomic mass is 10.0. The topological polar surface area (TPSA) is 100 Å². The Morgan fingerprint density at radius 1 is 1.16 bits per heavy atom. The van der Waals surface area contributed by atoms with Crippen LogP contribution in [0.5, 0.6) is 0 Å². The van der Waals surface area contributed by atoms with E-state index in [0.29, 0.717) is 24.6 Å². The van der Waals surface area contributed by atoms with Crippen molar-refractivity contribution < 1.29 is 18.7 Å². The highest BCUT2D eigenvalue weighted by Gasteiger charge is 2.41. The van der Waals surface area contributed by atoms with Gasteiger partial charge in [-0.1, -0.05) is 18.2 Å². The monoisotopic (exact) mass is 517 g/mol. The average molecular weight is 518 g/mol. The Balaban J connectivity index is 1.22. The van der Waals surface area contributed by atoms with Crippen molar-refractivity contribution in [1.82, 2.24) is 20.2 Å². The van der Waals surface area contributed by atoms with Gasteiger partial charge in [0.2, 0.25) is 5.89 Å². The Morgan fingerprint density at radius 2 is 1.89 bits per heavy atom. The molecule has 2 aromatic carbocycles. The fourth-order valence-electron chi connectivity index (χ4n) is 4.79. The standard InChI is InChI=1S/C29H35N5O4/c1-29(2,3)38-28(36)34-13-11-33(12-14-34)17-19-5-7-20(8-6-19)27-31-24-10-9-21(16-25(24)37-27)26(32-30-4)23-15-22(23)18-35/h5-10,16,18,22-23,30H,11-15,17H2,1-4H3/b32-26-. The zero-order valence-corrected chi connectivity index (χ0v) is 22.4. The number of hydrogen-bond donors (Lipinski definition) is 1. The van der Waals surface area contributed by atoms with Crippen LogP contribution in [0, 0.1) is 11.8 Å². The summed E-state index contributed by atoms with van der Waals surface area (Å²) in [5, 5.41) is 4.43. The first kappa shape index (κ1) is 25.9. The van der Waals surface area contributed by atoms with Gasteiger partial charge in [0, 0.05) is 62.7 Å². The van der Waals surface area contributed by atoms with E-state index in [2.05, 4.69) is 32.5 Å². The molecule has 1 amide bonds. The van der Waals surface area contributed by atoms with Crippen LogP contribution in [0.15, 0.2) is 52.0 Å². The Hall–Kier alpha value is -3.72. The Morgan fingerprint density at radius 3 is 2.53 bits per heavy atom. The van der Waals surface area contributed by atoms with Gasteiger partial charge in [0.1, 0.15) is 17.4 Å². The zero-order valence-electron chi connectivity index (χ0n) is 22.4. The molecular formula is C29H35N5O4. The molecule has 2 unspecified atom stereocenters. The van der Waals surface area contributed by atoms with Crippen LogP contribution in [0.3, 0.4) is 0 Å². The van der Waals surface area contributed by atoms with Crippen molar-refractivity contribution in [2.45, 2.75) is 39.3 Å². The molecule has 3 aromatic rings. The van der Waals surface area contributed by atoms with Crippen LogP contribution in [0.25, 0.3) is 22.6 Å². The number of oxazole rings is 1. The number of nitrogens with one attached hydrogen (secondary N) is 1. The molecule has 1 aliphatic heterocycles. The van der Waals surface area contributed by atoms with E-state index < -0.39 is 5.60 Å². The molecule has 200 valence electrons. The highest BCUT2D eigenvalue weighted by atomic mass is 16.6. The Bertz CT molecular complexity index is 1330. The molecule has 2 aliphatic rings. The van der Waals surface area contributed by atoms with E-state index >= 15 is 0 Å². The highest BCUT2D eigenvalue weighted by Crippen LogP contribution is 2.40. The molecule has 5 rings (SSSR count). The summed E-state index contributed by atoms with van der Waals surface area (Å²) in [5.41, 5.74) is 7.77. The van der Waals surface area contributed by atoms with E-state index in [1.165, 1.54) is 5.56 Å². The van der Waals surface area contributed by atoms with Gasteiger partial charge in [-0.05, 0) is 57.0 Å². The lowest BCUT2D eigenvalue weighted by Gasteiger charge is -2.35. The number of carbonyl (C=O) groups excluding carboxylic acids is 2. The maximum Gasteiger partial charge on any atom is 0.410 e. The minimum absolute atomic E-state index is 0.0375. The summed E-state index contributed by atoms with van der Waals surface area (Å²) in [6.45, 7) is 9.42. The quantitative estimate of drug-likeness (QED) is 0.283. The maximum absolute atomic E-state index is 12.3. The van der Waals surface area contributed by atoms with E-state index in [1.807, 2.05) is 51.1 Å². The molecule has 1 saturated carbocycles. The number of aromatic nitrogens is 1. The molecule has 0 radical (unpaired) electrons. The minimum Gasteiger partial charge on any atom is -0.444 e. The molecule has 0 bridgehead atoms. The third kappa shape index (κ3) is 5.88. The molecular weight excluding hydrogens is 482 g/mol. The van der Waals surface area contributed by atoms with Crippen LogP contribution >= 0.6 is 0 Å². The summed E-state index contributed by atoms with van der Waals surface area (Å²) in [7, 11) is 1.76. The second-order valence-electron chi connectivity index (χ2n) is 11.0. The fraction of sp³-hybridized carbons (Fsp3) is 0.448. The summed E-state index contributed by atoms with van der Waals surface area (Å²) in [6.07, 6.45) is 1.60. The summed E-state index contributed by atoms with van der Waals surface area (Å²) >= 11 is 0. The zero-order chi connectivity index (χ0) is 26.9. The van der Waals surface area contributed by atoms with Crippen LogP contribution in [-0.4, -0.2) is 71.7 Å². The Kier molecular flexibility index (Phi) is 7.21. The van der Waals surface area contributed by atoms with Crippen molar-refractivity contribution in [2.24, 2.45) is 16.9 Å². The van der Waals surface area contributed by atoms with Gasteiger partial charge in [-0.15, -0.1) is 0 Å². The molecule has 9 heteroatoms. The van der Waals surface area contributed by atoms with Crippen molar-refractivity contribution in [3.05, 3.63) is 53.6 Å². The lowest BCUT2D eigenvalue weighted by Crippen LogP contribution is -2.49. The van der Waals surface area contributed by atoms with Crippen LogP contribution in [0.4, 0.5) is 4.79 Å². The molecule has 0 spiro atoms. The van der Waals surface area contributed by atoms with Gasteiger partial charge in [-0.2, -0.15) is 5.10 Å². The fourth-order valence-corrected chi connectivity index (χ4v) is 4.79. The van der Waals surface area contributed by atoms with Gasteiger partial charge in [-0.3, -0.25) is 4.90 Å². The number of rotatable bonds is 7. The first-order valence-electron chi connectivity index (χ1n) is 13.1. The largest absolute Gasteiger partial charge is 0.444 e. The van der Waals surface area contributed by atoms with E-state index in [0.717, 1.165) is 54.7 Å². The first-order chi connectivity index (χ1) is 18.2. The second-order valence-corrected chi connectivity index (χ2v) is 11.0. The number of piperazine rings is 1. The van der Waals surface area contributed by atoms with Gasteiger partial charge >= 0.3 is 6.09 Å². The predicted octanol–water partition coefficient (Wildman–Crippen LogP) is 4.31. The second kappa shape index (κ2) is 10.6. The van der Waals surface area contributed by atoms with Crippen molar-refractivity contribution in [1.29, 1.82) is 0 Å². The molecule has 9 nitrogen and oxygen atoms in total. The molecule has 1 saturated heterocycles. The third-order valence-corrected chi connectivity index (χ3v) is 6.91. The minimum atomic E-state index is -0.478. The number of carbonyl (C=O) groups is 2. The number of aldehydes is 1. The molecule has 2 fully saturated rings. The average Bonchev–Trinajstić information content (AvgIpc) is 3.55. The first-order valence-corrected chi connectivity index (χ1v) is 13.1. The van der Waals surface area contributed by atoms with Crippen molar-refractivity contribution >= 4 is 29.2 Å². The van der Waals surface area contributed by atoms with Gasteiger partial charge in [0.15, 0.2) is 5.58 Å². The number of benzene rings is 2. The van der Waals surface area contributed by atoms with E-state index in [4.69, 9.17) is 9.15 Å². The number of ether oxygens (including phenoxy) is 1. The maximum atomic E-state index is 12.3. The van der Waals surface area contributed by atoms with Gasteiger partial charge in [0.05, 0.1) is 5.71 Å². The Labute approximate surface area is 222 Å². The van der Waals surface area contributed by atoms with Crippen LogP contribution < -0.4 is 5.43 Å². The molecule has 2 atom stereocenters. The normalized spacial score (nSPS) is 20.4. The van der Waals surface area contributed by atoms with Crippen LogP contribution in [-0.2, 0) is 16.1 Å². The molecule has 1 aromatic heterocycles. The van der Waals surface area contributed by atoms with Crippen LogP contribution in [0.2, 0.25) is 0 Å². The van der Waals surface area contributed by atoms with Crippen molar-refractivity contribution in [3.8, 4) is 11.5 Å². The van der Waals surface area contributed by atoms with Crippen molar-refractivity contribution in [2.75, 3.05) is 33.2 Å². The summed E-state index contributed by atoms with van der Waals surface area (Å²) < 4.78 is 11.6.